The summed E-state index contributed by atoms with van der Waals surface area (Å²) in [6.07, 6.45) is 12.4. The van der Waals surface area contributed by atoms with E-state index >= 15 is 0 Å². The van der Waals surface area contributed by atoms with Crippen molar-refractivity contribution in [2.24, 2.45) is 17.8 Å². The van der Waals surface area contributed by atoms with Gasteiger partial charge in [0.1, 0.15) is 0 Å². The van der Waals surface area contributed by atoms with E-state index < -0.39 is 0 Å². The number of carbonyl (C=O) groups is 1. The molecule has 4 aliphatic rings. The fraction of sp³-hybridized carbons (Fsp3) is 0.960. The van der Waals surface area contributed by atoms with Crippen LogP contribution in [0.1, 0.15) is 71.1 Å². The highest BCUT2D eigenvalue weighted by atomic mass is 16.5. The summed E-state index contributed by atoms with van der Waals surface area (Å²) in [4.78, 5) is 15.5. The van der Waals surface area contributed by atoms with Gasteiger partial charge in [-0.15, -0.1) is 0 Å². The maximum Gasteiger partial charge on any atom is 0.223 e. The van der Waals surface area contributed by atoms with Crippen LogP contribution in [0.15, 0.2) is 0 Å². The average molecular weight is 465 g/mol. The highest BCUT2D eigenvalue weighted by molar-refractivity contribution is 5.79. The third kappa shape index (κ3) is 6.67. The number of ether oxygens (including phenoxy) is 1. The van der Waals surface area contributed by atoms with Crippen molar-refractivity contribution in [1.29, 1.82) is 0 Å². The van der Waals surface area contributed by atoms with E-state index in [0.29, 0.717) is 36.3 Å². The molecule has 8 heteroatoms. The van der Waals surface area contributed by atoms with E-state index in [4.69, 9.17) is 4.74 Å². The normalized spacial score (nSPS) is 37.7. The second-order valence-electron chi connectivity index (χ2n) is 11.1. The van der Waals surface area contributed by atoms with Gasteiger partial charge in [-0.1, -0.05) is 12.8 Å². The number of piperidine rings is 1. The van der Waals surface area contributed by atoms with Gasteiger partial charge in [0.25, 0.3) is 0 Å². The molecule has 0 spiro atoms. The van der Waals surface area contributed by atoms with Crippen LogP contribution in [0.2, 0.25) is 0 Å². The SMILES string of the molecule is COC1CCCC([C@H](C)NC(=O)C2CCCC(NCC3NNC(C4CCNCC4)N3C)C2)C1. The van der Waals surface area contributed by atoms with Gasteiger partial charge in [-0.05, 0) is 90.3 Å². The van der Waals surface area contributed by atoms with Crippen LogP contribution in [-0.4, -0.2) is 75.1 Å². The molecular weight excluding hydrogens is 416 g/mol. The molecule has 2 aliphatic carbocycles. The van der Waals surface area contributed by atoms with Crippen molar-refractivity contribution < 1.29 is 9.53 Å². The average Bonchev–Trinajstić information content (AvgIpc) is 3.23. The molecule has 8 nitrogen and oxygen atoms in total. The first-order valence-corrected chi connectivity index (χ1v) is 13.6. The minimum Gasteiger partial charge on any atom is -0.381 e. The van der Waals surface area contributed by atoms with Gasteiger partial charge in [0.05, 0.1) is 18.4 Å². The molecule has 0 radical (unpaired) electrons. The zero-order valence-electron chi connectivity index (χ0n) is 21.1. The molecule has 4 fully saturated rings. The Hall–Kier alpha value is -0.770. The van der Waals surface area contributed by atoms with E-state index in [-0.39, 0.29) is 17.9 Å². The summed E-state index contributed by atoms with van der Waals surface area (Å²) in [6, 6.07) is 0.656. The molecule has 1 amide bonds. The summed E-state index contributed by atoms with van der Waals surface area (Å²) in [7, 11) is 4.04. The summed E-state index contributed by atoms with van der Waals surface area (Å²) < 4.78 is 5.59. The molecule has 2 aliphatic heterocycles. The minimum absolute atomic E-state index is 0.135. The second kappa shape index (κ2) is 12.3. The van der Waals surface area contributed by atoms with Crippen molar-refractivity contribution in [3.63, 3.8) is 0 Å². The maximum atomic E-state index is 13.1. The fourth-order valence-corrected chi connectivity index (χ4v) is 6.59. The first kappa shape index (κ1) is 25.3. The van der Waals surface area contributed by atoms with Gasteiger partial charge >= 0.3 is 0 Å². The third-order valence-electron chi connectivity index (χ3n) is 8.88. The predicted octanol–water partition coefficient (Wildman–Crippen LogP) is 1.54. The van der Waals surface area contributed by atoms with Gasteiger partial charge in [-0.3, -0.25) is 9.69 Å². The van der Waals surface area contributed by atoms with Crippen molar-refractivity contribution in [1.82, 2.24) is 31.7 Å². The van der Waals surface area contributed by atoms with E-state index in [1.165, 1.54) is 32.1 Å². The number of carbonyl (C=O) groups excluding carboxylic acids is 1. The first-order valence-electron chi connectivity index (χ1n) is 13.6. The van der Waals surface area contributed by atoms with E-state index in [2.05, 4.69) is 45.7 Å². The van der Waals surface area contributed by atoms with Gasteiger partial charge in [0, 0.05) is 31.7 Å². The lowest BCUT2D eigenvalue weighted by atomic mass is 9.81. The number of hydrogen-bond donors (Lipinski definition) is 5. The Balaban J connectivity index is 1.19. The monoisotopic (exact) mass is 464 g/mol. The summed E-state index contributed by atoms with van der Waals surface area (Å²) in [6.45, 7) is 5.34. The Kier molecular flexibility index (Phi) is 9.42. The number of hydrazine groups is 1. The fourth-order valence-electron chi connectivity index (χ4n) is 6.59. The van der Waals surface area contributed by atoms with E-state index in [1.807, 2.05) is 7.11 Å². The van der Waals surface area contributed by atoms with Gasteiger partial charge in [0.2, 0.25) is 5.91 Å². The summed E-state index contributed by atoms with van der Waals surface area (Å²) >= 11 is 0. The molecule has 4 rings (SSSR count). The first-order chi connectivity index (χ1) is 16.0. The molecule has 7 atom stereocenters. The maximum absolute atomic E-state index is 13.1. The molecule has 190 valence electrons. The van der Waals surface area contributed by atoms with Crippen molar-refractivity contribution in [3.05, 3.63) is 0 Å². The Morgan fingerprint density at radius 2 is 1.85 bits per heavy atom. The predicted molar refractivity (Wildman–Crippen MR) is 131 cm³/mol. The number of hydrogen-bond acceptors (Lipinski definition) is 7. The van der Waals surface area contributed by atoms with E-state index in [1.54, 1.807) is 0 Å². The number of rotatable bonds is 8. The largest absolute Gasteiger partial charge is 0.381 e. The van der Waals surface area contributed by atoms with E-state index in [9.17, 15) is 4.79 Å². The van der Waals surface area contributed by atoms with Crippen LogP contribution in [0.3, 0.4) is 0 Å². The van der Waals surface area contributed by atoms with Gasteiger partial charge < -0.3 is 20.7 Å². The highest BCUT2D eigenvalue weighted by Crippen LogP contribution is 2.30. The molecule has 2 heterocycles. The standard InChI is InChI=1S/C25H48N6O2/c1-17(19-6-5-9-22(15-19)33-3)28-25(32)20-7-4-8-21(14-20)27-16-23-29-30-24(31(23)2)18-10-12-26-13-11-18/h17-24,26-27,29-30H,4-16H2,1-3H3,(H,28,32)/t17-,19?,20?,21?,22?,23?,24?/m0/s1. The molecule has 0 bridgehead atoms. The van der Waals surface area contributed by atoms with Crippen molar-refractivity contribution >= 4 is 5.91 Å². The molecule has 0 aromatic carbocycles. The van der Waals surface area contributed by atoms with Crippen LogP contribution in [-0.2, 0) is 9.53 Å². The van der Waals surface area contributed by atoms with E-state index in [0.717, 1.165) is 51.7 Å². The Labute approximate surface area is 200 Å². The molecule has 5 N–H and O–H groups in total. The van der Waals surface area contributed by atoms with Crippen LogP contribution >= 0.6 is 0 Å². The lowest BCUT2D eigenvalue weighted by molar-refractivity contribution is -0.127. The van der Waals surface area contributed by atoms with Crippen molar-refractivity contribution in [3.8, 4) is 0 Å². The van der Waals surface area contributed by atoms with Crippen LogP contribution in [0.5, 0.6) is 0 Å². The zero-order valence-corrected chi connectivity index (χ0v) is 21.1. The van der Waals surface area contributed by atoms with Gasteiger partial charge in [0.15, 0.2) is 0 Å². The number of likely N-dealkylation sites (N-methyl/N-ethyl adjacent to an activating group) is 1. The summed E-state index contributed by atoms with van der Waals surface area (Å²) in [5.41, 5.74) is 7.04. The molecule has 0 aromatic rings. The lowest BCUT2D eigenvalue weighted by Crippen LogP contribution is -2.50. The number of amides is 1. The van der Waals surface area contributed by atoms with Crippen molar-refractivity contribution in [2.45, 2.75) is 102 Å². The molecule has 2 saturated heterocycles. The number of nitrogens with zero attached hydrogens (tertiary/aromatic N) is 1. The van der Waals surface area contributed by atoms with Crippen LogP contribution in [0.4, 0.5) is 0 Å². The number of methoxy groups -OCH3 is 1. The Morgan fingerprint density at radius 1 is 1.06 bits per heavy atom. The highest BCUT2D eigenvalue weighted by Gasteiger charge is 2.36. The topological polar surface area (TPSA) is 89.7 Å². The number of nitrogens with one attached hydrogen (secondary N) is 5. The van der Waals surface area contributed by atoms with Crippen LogP contribution < -0.4 is 26.8 Å². The minimum atomic E-state index is 0.135. The lowest BCUT2D eigenvalue weighted by Gasteiger charge is -2.35. The molecule has 0 aromatic heterocycles. The molecule has 33 heavy (non-hydrogen) atoms. The second-order valence-corrected chi connectivity index (χ2v) is 11.1. The van der Waals surface area contributed by atoms with Crippen LogP contribution in [0.25, 0.3) is 0 Å². The quantitative estimate of drug-likeness (QED) is 0.372. The Morgan fingerprint density at radius 3 is 2.64 bits per heavy atom. The summed E-state index contributed by atoms with van der Waals surface area (Å²) in [5.74, 6) is 1.63. The van der Waals surface area contributed by atoms with Crippen LogP contribution in [0, 0.1) is 17.8 Å². The molecule has 6 unspecified atom stereocenters. The third-order valence-corrected chi connectivity index (χ3v) is 8.88. The molecular formula is C25H48N6O2. The van der Waals surface area contributed by atoms with Gasteiger partial charge in [-0.25, -0.2) is 10.9 Å². The summed E-state index contributed by atoms with van der Waals surface area (Å²) in [5, 5.41) is 10.6. The van der Waals surface area contributed by atoms with Gasteiger partial charge in [-0.2, -0.15) is 0 Å². The van der Waals surface area contributed by atoms with Crippen molar-refractivity contribution in [2.75, 3.05) is 33.8 Å². The smallest absolute Gasteiger partial charge is 0.223 e. The molecule has 2 saturated carbocycles. The Bertz CT molecular complexity index is 616. The zero-order chi connectivity index (χ0) is 23.2.